The summed E-state index contributed by atoms with van der Waals surface area (Å²) in [4.78, 5) is 0. The summed E-state index contributed by atoms with van der Waals surface area (Å²) >= 11 is 0. The Labute approximate surface area is 98.5 Å². The number of unbranched alkanes of at least 4 members (excludes halogenated alkanes) is 4. The van der Waals surface area contributed by atoms with Gasteiger partial charge in [-0.2, -0.15) is 5.10 Å². The average molecular weight is 224 g/mol. The largest absolute Gasteiger partial charge is 0.388 e. The molecule has 0 saturated carbocycles. The molecule has 0 aliphatic heterocycles. The van der Waals surface area contributed by atoms with E-state index in [9.17, 15) is 5.11 Å². The summed E-state index contributed by atoms with van der Waals surface area (Å²) in [6.45, 7) is 5.13. The fraction of sp³-hybridized carbons (Fsp3) is 0.769. The minimum Gasteiger partial charge on any atom is -0.388 e. The fourth-order valence-electron chi connectivity index (χ4n) is 1.83. The molecule has 16 heavy (non-hydrogen) atoms. The Kier molecular flexibility index (Phi) is 6.16. The predicted octanol–water partition coefficient (Wildman–Crippen LogP) is 3.30. The molecule has 0 fully saturated rings. The van der Waals surface area contributed by atoms with Gasteiger partial charge in [0.25, 0.3) is 0 Å². The Morgan fingerprint density at radius 3 is 2.62 bits per heavy atom. The summed E-state index contributed by atoms with van der Waals surface area (Å²) in [5, 5.41) is 14.1. The van der Waals surface area contributed by atoms with Crippen LogP contribution in [0.15, 0.2) is 12.4 Å². The molecule has 3 nitrogen and oxygen atoms in total. The zero-order valence-corrected chi connectivity index (χ0v) is 10.5. The van der Waals surface area contributed by atoms with Crippen molar-refractivity contribution in [2.45, 2.75) is 65.0 Å². The molecule has 0 aliphatic carbocycles. The van der Waals surface area contributed by atoms with Crippen molar-refractivity contribution in [3.63, 3.8) is 0 Å². The second-order valence-electron chi connectivity index (χ2n) is 4.35. The van der Waals surface area contributed by atoms with Crippen molar-refractivity contribution in [3.8, 4) is 0 Å². The average Bonchev–Trinajstić information content (AvgIpc) is 2.77. The van der Waals surface area contributed by atoms with E-state index in [1.807, 2.05) is 17.8 Å². The van der Waals surface area contributed by atoms with Crippen molar-refractivity contribution < 1.29 is 5.11 Å². The van der Waals surface area contributed by atoms with Gasteiger partial charge < -0.3 is 5.11 Å². The van der Waals surface area contributed by atoms with Crippen LogP contribution >= 0.6 is 0 Å². The standard InChI is InChI=1S/C13H24N2O/c1-3-5-6-7-8-9-13(16)12-10-14-15(4-2)11-12/h10-11,13,16H,3-9H2,1-2H3. The molecule has 3 heteroatoms. The van der Waals surface area contributed by atoms with Gasteiger partial charge in [-0.25, -0.2) is 0 Å². The number of aliphatic hydroxyl groups excluding tert-OH is 1. The van der Waals surface area contributed by atoms with Crippen molar-refractivity contribution in [1.29, 1.82) is 0 Å². The third kappa shape index (κ3) is 4.35. The van der Waals surface area contributed by atoms with Crippen LogP contribution < -0.4 is 0 Å². The second kappa shape index (κ2) is 7.44. The summed E-state index contributed by atoms with van der Waals surface area (Å²) in [5.74, 6) is 0. The summed E-state index contributed by atoms with van der Waals surface area (Å²) in [7, 11) is 0. The molecule has 0 saturated heterocycles. The normalized spacial score (nSPS) is 12.9. The second-order valence-corrected chi connectivity index (χ2v) is 4.35. The Morgan fingerprint density at radius 2 is 2.00 bits per heavy atom. The number of aromatic nitrogens is 2. The minimum absolute atomic E-state index is 0.332. The molecule has 0 radical (unpaired) electrons. The lowest BCUT2D eigenvalue weighted by Gasteiger charge is -2.07. The number of aryl methyl sites for hydroxylation is 1. The highest BCUT2D eigenvalue weighted by Gasteiger charge is 2.09. The van der Waals surface area contributed by atoms with E-state index < -0.39 is 0 Å². The number of hydrogen-bond donors (Lipinski definition) is 1. The maximum absolute atomic E-state index is 9.93. The summed E-state index contributed by atoms with van der Waals surface area (Å²) in [6.07, 6.45) is 10.5. The molecule has 1 aromatic heterocycles. The Hall–Kier alpha value is -0.830. The third-order valence-electron chi connectivity index (χ3n) is 2.94. The van der Waals surface area contributed by atoms with Gasteiger partial charge in [-0.3, -0.25) is 4.68 Å². The summed E-state index contributed by atoms with van der Waals surface area (Å²) < 4.78 is 1.86. The Bertz CT molecular complexity index is 283. The van der Waals surface area contributed by atoms with Crippen molar-refractivity contribution >= 4 is 0 Å². The van der Waals surface area contributed by atoms with Crippen LogP contribution in [0, 0.1) is 0 Å². The van der Waals surface area contributed by atoms with E-state index in [2.05, 4.69) is 12.0 Å². The van der Waals surface area contributed by atoms with E-state index in [-0.39, 0.29) is 6.10 Å². The number of rotatable bonds is 8. The molecular formula is C13H24N2O. The summed E-state index contributed by atoms with van der Waals surface area (Å²) in [6, 6.07) is 0. The van der Waals surface area contributed by atoms with Crippen LogP contribution in [0.25, 0.3) is 0 Å². The molecule has 0 amide bonds. The molecule has 1 atom stereocenters. The molecule has 0 spiro atoms. The molecule has 0 aliphatic rings. The zero-order valence-electron chi connectivity index (χ0n) is 10.5. The first-order valence-corrected chi connectivity index (χ1v) is 6.48. The van der Waals surface area contributed by atoms with Crippen LogP contribution in [-0.2, 0) is 6.54 Å². The van der Waals surface area contributed by atoms with E-state index >= 15 is 0 Å². The van der Waals surface area contributed by atoms with Crippen LogP contribution in [0.3, 0.4) is 0 Å². The smallest absolute Gasteiger partial charge is 0.0820 e. The SMILES string of the molecule is CCCCCCCC(O)c1cnn(CC)c1. The van der Waals surface area contributed by atoms with E-state index in [0.717, 1.165) is 24.9 Å². The van der Waals surface area contributed by atoms with Crippen LogP contribution in [0.1, 0.15) is 64.0 Å². The maximum atomic E-state index is 9.93. The lowest BCUT2D eigenvalue weighted by Crippen LogP contribution is -1.97. The Balaban J connectivity index is 2.21. The first kappa shape index (κ1) is 13.2. The van der Waals surface area contributed by atoms with E-state index in [1.54, 1.807) is 6.20 Å². The lowest BCUT2D eigenvalue weighted by molar-refractivity contribution is 0.163. The zero-order chi connectivity index (χ0) is 11.8. The highest BCUT2D eigenvalue weighted by atomic mass is 16.3. The minimum atomic E-state index is -0.332. The van der Waals surface area contributed by atoms with Gasteiger partial charge in [-0.05, 0) is 13.3 Å². The van der Waals surface area contributed by atoms with E-state index in [0.29, 0.717) is 0 Å². The van der Waals surface area contributed by atoms with Gasteiger partial charge >= 0.3 is 0 Å². The van der Waals surface area contributed by atoms with Crippen molar-refractivity contribution in [2.75, 3.05) is 0 Å². The van der Waals surface area contributed by atoms with Gasteiger partial charge in [0.15, 0.2) is 0 Å². The number of hydrogen-bond acceptors (Lipinski definition) is 2. The Morgan fingerprint density at radius 1 is 1.25 bits per heavy atom. The molecule has 1 rings (SSSR count). The quantitative estimate of drug-likeness (QED) is 0.688. The van der Waals surface area contributed by atoms with E-state index in [1.165, 1.54) is 25.7 Å². The molecule has 92 valence electrons. The first-order valence-electron chi connectivity index (χ1n) is 6.48. The summed E-state index contributed by atoms with van der Waals surface area (Å²) in [5.41, 5.74) is 0.956. The maximum Gasteiger partial charge on any atom is 0.0820 e. The highest BCUT2D eigenvalue weighted by Crippen LogP contribution is 2.19. The number of nitrogens with zero attached hydrogens (tertiary/aromatic N) is 2. The highest BCUT2D eigenvalue weighted by molar-refractivity contribution is 5.07. The molecule has 1 N–H and O–H groups in total. The molecular weight excluding hydrogens is 200 g/mol. The van der Waals surface area contributed by atoms with Gasteiger partial charge in [0, 0.05) is 18.3 Å². The van der Waals surface area contributed by atoms with Gasteiger partial charge in [-0.15, -0.1) is 0 Å². The van der Waals surface area contributed by atoms with Gasteiger partial charge in [0.05, 0.1) is 12.3 Å². The van der Waals surface area contributed by atoms with Crippen molar-refractivity contribution in [1.82, 2.24) is 9.78 Å². The lowest BCUT2D eigenvalue weighted by atomic mass is 10.0. The fourth-order valence-corrected chi connectivity index (χ4v) is 1.83. The van der Waals surface area contributed by atoms with Crippen LogP contribution in [0.5, 0.6) is 0 Å². The molecule has 0 bridgehead atoms. The van der Waals surface area contributed by atoms with Crippen LogP contribution in [0.2, 0.25) is 0 Å². The monoisotopic (exact) mass is 224 g/mol. The van der Waals surface area contributed by atoms with E-state index in [4.69, 9.17) is 0 Å². The topological polar surface area (TPSA) is 38.1 Å². The van der Waals surface area contributed by atoms with Crippen molar-refractivity contribution in [3.05, 3.63) is 18.0 Å². The van der Waals surface area contributed by atoms with Crippen LogP contribution in [0.4, 0.5) is 0 Å². The van der Waals surface area contributed by atoms with Gasteiger partial charge in [-0.1, -0.05) is 39.0 Å². The molecule has 1 aromatic rings. The molecule has 0 aromatic carbocycles. The van der Waals surface area contributed by atoms with Gasteiger partial charge in [0.2, 0.25) is 0 Å². The third-order valence-corrected chi connectivity index (χ3v) is 2.94. The van der Waals surface area contributed by atoms with Crippen LogP contribution in [-0.4, -0.2) is 14.9 Å². The van der Waals surface area contributed by atoms with Crippen molar-refractivity contribution in [2.24, 2.45) is 0 Å². The van der Waals surface area contributed by atoms with Gasteiger partial charge in [0.1, 0.15) is 0 Å². The predicted molar refractivity (Wildman–Crippen MR) is 66.2 cm³/mol. The molecule has 1 heterocycles. The first-order chi connectivity index (χ1) is 7.77. The molecule has 1 unspecified atom stereocenters. The number of aliphatic hydroxyl groups is 1.